The molecule has 0 heterocycles. The molecule has 1 aromatic carbocycles. The van der Waals surface area contributed by atoms with Gasteiger partial charge in [0, 0.05) is 0 Å². The molecule has 0 fully saturated rings. The maximum atomic E-state index is 12.5. The largest absolute Gasteiger partial charge is 0.489 e. The monoisotopic (exact) mass is 353 g/mol. The topological polar surface area (TPSA) is 52.6 Å². The Morgan fingerprint density at radius 3 is 2.33 bits per heavy atom. The summed E-state index contributed by atoms with van der Waals surface area (Å²) < 4.78 is 23.4. The predicted molar refractivity (Wildman–Crippen MR) is 98.5 cm³/mol. The van der Waals surface area contributed by atoms with Crippen molar-refractivity contribution < 1.29 is 18.8 Å². The molecule has 0 saturated carbocycles. The smallest absolute Gasteiger partial charge is 0.381 e. The molecule has 0 aliphatic rings. The Kier molecular flexibility index (Phi) is 9.63. The first-order valence-corrected chi connectivity index (χ1v) is 10.2. The molecule has 4 nitrogen and oxygen atoms in total. The molecule has 0 N–H and O–H groups in total. The van der Waals surface area contributed by atoms with Crippen LogP contribution < -0.4 is 10.0 Å². The second-order valence-corrected chi connectivity index (χ2v) is 8.44. The first-order chi connectivity index (χ1) is 11.4. The lowest BCUT2D eigenvalue weighted by molar-refractivity contribution is -0.143. The van der Waals surface area contributed by atoms with Gasteiger partial charge < -0.3 is 9.47 Å². The van der Waals surface area contributed by atoms with Gasteiger partial charge in [0.2, 0.25) is 5.30 Å². The zero-order valence-electron chi connectivity index (χ0n) is 15.3. The van der Waals surface area contributed by atoms with Crippen molar-refractivity contribution in [3.8, 4) is 5.75 Å². The van der Waals surface area contributed by atoms with Crippen LogP contribution in [0.5, 0.6) is 5.75 Å². The zero-order valence-corrected chi connectivity index (χ0v) is 16.2. The van der Waals surface area contributed by atoms with Crippen LogP contribution in [-0.4, -0.2) is 25.3 Å². The molecule has 5 heteroatoms. The molecule has 0 aromatic heterocycles. The van der Waals surface area contributed by atoms with Crippen molar-refractivity contribution >= 4 is 19.1 Å². The van der Waals surface area contributed by atoms with Gasteiger partial charge in [0.1, 0.15) is 0 Å². The molecule has 134 valence electrons. The van der Waals surface area contributed by atoms with Crippen LogP contribution in [0.25, 0.3) is 0 Å². The summed E-state index contributed by atoms with van der Waals surface area (Å²) in [6.07, 6.45) is 2.27. The fourth-order valence-corrected chi connectivity index (χ4v) is 3.25. The molecular weight excluding hydrogens is 323 g/mol. The van der Waals surface area contributed by atoms with E-state index in [4.69, 9.17) is 9.47 Å². The molecular formula is C19H30O4P+. The fourth-order valence-electron chi connectivity index (χ4n) is 1.98. The van der Waals surface area contributed by atoms with Crippen molar-refractivity contribution in [2.75, 3.05) is 19.4 Å². The number of rotatable bonds is 11. The molecule has 0 bridgehead atoms. The quantitative estimate of drug-likeness (QED) is 0.433. The van der Waals surface area contributed by atoms with Gasteiger partial charge in [-0.1, -0.05) is 44.4 Å². The molecule has 0 spiro atoms. The van der Waals surface area contributed by atoms with E-state index in [2.05, 4.69) is 27.7 Å². The van der Waals surface area contributed by atoms with E-state index in [1.54, 1.807) is 0 Å². The first kappa shape index (κ1) is 20.6. The number of hydrogen-bond acceptors (Lipinski definition) is 4. The number of ether oxygens (including phenoxy) is 2. The van der Waals surface area contributed by atoms with Crippen LogP contribution in [0.15, 0.2) is 24.3 Å². The minimum absolute atomic E-state index is 0.174. The fraction of sp³-hybridized carbons (Fsp3) is 0.632. The third-order valence-electron chi connectivity index (χ3n) is 3.56. The Balaban J connectivity index is 2.48. The van der Waals surface area contributed by atoms with E-state index in [9.17, 15) is 9.36 Å². The summed E-state index contributed by atoms with van der Waals surface area (Å²) in [6.45, 7) is 9.49. The second-order valence-electron chi connectivity index (χ2n) is 6.75. The average Bonchev–Trinajstić information content (AvgIpc) is 2.52. The Bertz CT molecular complexity index is 526. The van der Waals surface area contributed by atoms with Crippen molar-refractivity contribution in [1.82, 2.24) is 0 Å². The Hall–Kier alpha value is -1.41. The number of carbonyl (C=O) groups is 1. The predicted octanol–water partition coefficient (Wildman–Crippen LogP) is 4.54. The normalized spacial score (nSPS) is 11.7. The number of hydrogen-bond donors (Lipinski definition) is 0. The van der Waals surface area contributed by atoms with Crippen molar-refractivity contribution in [2.24, 2.45) is 11.8 Å². The molecule has 1 aromatic rings. The van der Waals surface area contributed by atoms with Gasteiger partial charge in [0.25, 0.3) is 0 Å². The van der Waals surface area contributed by atoms with Crippen molar-refractivity contribution in [3.63, 3.8) is 0 Å². The SMILES string of the molecule is CC(C)CCOC(=O)CC[P+](=O)c1ccccc1OCCC(C)C. The Morgan fingerprint density at radius 2 is 1.67 bits per heavy atom. The molecule has 0 radical (unpaired) electrons. The van der Waals surface area contributed by atoms with E-state index in [0.717, 1.165) is 12.8 Å². The molecule has 24 heavy (non-hydrogen) atoms. The number of para-hydroxylation sites is 1. The average molecular weight is 353 g/mol. The van der Waals surface area contributed by atoms with E-state index < -0.39 is 7.80 Å². The maximum Gasteiger partial charge on any atom is 0.381 e. The van der Waals surface area contributed by atoms with Crippen molar-refractivity contribution in [1.29, 1.82) is 0 Å². The Labute approximate surface area is 146 Å². The third kappa shape index (κ3) is 8.44. The summed E-state index contributed by atoms with van der Waals surface area (Å²) in [6, 6.07) is 7.37. The van der Waals surface area contributed by atoms with Crippen molar-refractivity contribution in [2.45, 2.75) is 47.0 Å². The van der Waals surface area contributed by atoms with E-state index in [1.807, 2.05) is 24.3 Å². The number of benzene rings is 1. The third-order valence-corrected chi connectivity index (χ3v) is 5.10. The van der Waals surface area contributed by atoms with Gasteiger partial charge in [-0.2, -0.15) is 0 Å². The van der Waals surface area contributed by atoms with Gasteiger partial charge in [-0.05, 0) is 36.8 Å². The highest BCUT2D eigenvalue weighted by molar-refractivity contribution is 7.53. The molecule has 0 saturated heterocycles. The van der Waals surface area contributed by atoms with Crippen LogP contribution in [0.4, 0.5) is 0 Å². The minimum atomic E-state index is -1.66. The molecule has 0 amide bonds. The van der Waals surface area contributed by atoms with Crippen molar-refractivity contribution in [3.05, 3.63) is 24.3 Å². The van der Waals surface area contributed by atoms with Gasteiger partial charge in [-0.15, -0.1) is 0 Å². The van der Waals surface area contributed by atoms with E-state index >= 15 is 0 Å². The first-order valence-electron chi connectivity index (χ1n) is 8.72. The highest BCUT2D eigenvalue weighted by Gasteiger charge is 2.26. The van der Waals surface area contributed by atoms with Gasteiger partial charge >= 0.3 is 13.8 Å². The number of carbonyl (C=O) groups excluding carboxylic acids is 1. The second kappa shape index (κ2) is 11.2. The molecule has 0 aliphatic heterocycles. The van der Waals surface area contributed by atoms with Gasteiger partial charge in [-0.25, -0.2) is 0 Å². The van der Waals surface area contributed by atoms with Gasteiger partial charge in [0.15, 0.2) is 11.9 Å². The molecule has 0 aliphatic carbocycles. The lowest BCUT2D eigenvalue weighted by atomic mass is 10.1. The standard InChI is InChI=1S/C19H30O4P/c1-15(2)9-12-22-17-7-5-6-8-18(17)24(21)14-11-19(20)23-13-10-16(3)4/h5-8,15-16H,9-14H2,1-4H3/q+1. The van der Waals surface area contributed by atoms with E-state index in [1.165, 1.54) is 0 Å². The lowest BCUT2D eigenvalue weighted by Crippen LogP contribution is -2.12. The summed E-state index contributed by atoms with van der Waals surface area (Å²) in [4.78, 5) is 11.7. The highest BCUT2D eigenvalue weighted by atomic mass is 31.1. The minimum Gasteiger partial charge on any atom is -0.489 e. The Morgan fingerprint density at radius 1 is 1.04 bits per heavy atom. The van der Waals surface area contributed by atoms with E-state index in [0.29, 0.717) is 42.3 Å². The van der Waals surface area contributed by atoms with Gasteiger partial charge in [-0.3, -0.25) is 4.79 Å². The summed E-state index contributed by atoms with van der Waals surface area (Å²) in [5.74, 6) is 1.44. The zero-order chi connectivity index (χ0) is 17.9. The van der Waals surface area contributed by atoms with Crippen LogP contribution in [0.3, 0.4) is 0 Å². The summed E-state index contributed by atoms with van der Waals surface area (Å²) in [5.41, 5.74) is 0. The van der Waals surface area contributed by atoms with Crippen LogP contribution in [0.2, 0.25) is 0 Å². The summed E-state index contributed by atoms with van der Waals surface area (Å²) >= 11 is 0. The van der Waals surface area contributed by atoms with Crippen LogP contribution in [0, 0.1) is 11.8 Å². The summed E-state index contributed by atoms with van der Waals surface area (Å²) in [5, 5.41) is 0.686. The van der Waals surface area contributed by atoms with Crippen LogP contribution in [-0.2, 0) is 14.1 Å². The summed E-state index contributed by atoms with van der Waals surface area (Å²) in [7, 11) is -1.66. The maximum absolute atomic E-state index is 12.5. The number of esters is 1. The highest BCUT2D eigenvalue weighted by Crippen LogP contribution is 2.27. The van der Waals surface area contributed by atoms with Gasteiger partial charge in [0.05, 0.1) is 19.6 Å². The van der Waals surface area contributed by atoms with Crippen LogP contribution >= 0.6 is 7.80 Å². The molecule has 1 unspecified atom stereocenters. The molecule has 1 rings (SSSR count). The van der Waals surface area contributed by atoms with E-state index in [-0.39, 0.29) is 12.4 Å². The lowest BCUT2D eigenvalue weighted by Gasteiger charge is -2.08. The molecule has 1 atom stereocenters. The van der Waals surface area contributed by atoms with Crippen LogP contribution in [0.1, 0.15) is 47.0 Å².